The average molecular weight is 1220 g/mol. The zero-order valence-corrected chi connectivity index (χ0v) is 51.9. The molecule has 0 amide bonds. The molecule has 15 rings (SSSR count). The second-order valence-electron chi connectivity index (χ2n) is 19.4. The fourth-order valence-corrected chi connectivity index (χ4v) is 9.43. The van der Waals surface area contributed by atoms with Crippen molar-refractivity contribution in [2.45, 2.75) is 114 Å². The Morgan fingerprint density at radius 3 is 0.902 bits per heavy atom. The molecule has 0 aliphatic carbocycles. The first-order valence-corrected chi connectivity index (χ1v) is 30.2. The van der Waals surface area contributed by atoms with Crippen molar-refractivity contribution in [2.24, 2.45) is 0 Å². The van der Waals surface area contributed by atoms with Crippen LogP contribution in [-0.4, -0.2) is 15.0 Å². The summed E-state index contributed by atoms with van der Waals surface area (Å²) in [5, 5.41) is 14.5. The van der Waals surface area contributed by atoms with Crippen LogP contribution >= 0.6 is 0 Å². The smallest absolute Gasteiger partial charge is 0.0915 e. The quantitative estimate of drug-likeness (QED) is 0.154. The first-order chi connectivity index (χ1) is 42.4. The van der Waals surface area contributed by atoms with Gasteiger partial charge in [-0.2, -0.15) is 0 Å². The predicted octanol–water partition coefficient (Wildman–Crippen LogP) is 27.9. The van der Waals surface area contributed by atoms with Gasteiger partial charge in [0.05, 0.1) is 16.6 Å². The van der Waals surface area contributed by atoms with Crippen molar-refractivity contribution < 1.29 is 0 Å². The van der Waals surface area contributed by atoms with E-state index in [0.29, 0.717) is 0 Å². The van der Waals surface area contributed by atoms with Crippen LogP contribution in [0.1, 0.15) is 108 Å². The summed E-state index contributed by atoms with van der Waals surface area (Å²) in [6.45, 7) is 20.4. The van der Waals surface area contributed by atoms with Crippen molar-refractivity contribution in [2.75, 3.05) is 0 Å². The zero-order valence-electron chi connectivity index (χ0n) is 51.9. The Morgan fingerprint density at radius 1 is 0.217 bits per heavy atom. The number of hydrogen-bond donors (Lipinski definition) is 0. The van der Waals surface area contributed by atoms with Gasteiger partial charge >= 0.3 is 0 Å². The minimum Gasteiger partial charge on any atom is -0.256 e. The van der Waals surface area contributed by atoms with Crippen molar-refractivity contribution in [3.8, 4) is 11.1 Å². The number of aromatic nitrogens is 3. The number of aryl methyl sites for hydroxylation is 4. The van der Waals surface area contributed by atoms with Gasteiger partial charge in [-0.1, -0.05) is 359 Å². The maximum Gasteiger partial charge on any atom is 0.0915 e. The fraction of sp³-hybridized carbons (Fsp3) is 0.180. The number of rotatable bonds is 1. The van der Waals surface area contributed by atoms with Gasteiger partial charge in [0, 0.05) is 24.0 Å². The maximum absolute atomic E-state index is 4.24. The van der Waals surface area contributed by atoms with Crippen molar-refractivity contribution >= 4 is 75.8 Å². The highest BCUT2D eigenvalue weighted by atomic mass is 14.8. The second kappa shape index (κ2) is 46.1. The molecule has 0 radical (unpaired) electrons. The molecule has 2 aromatic heterocycles. The molecular formula is C89H107N3. The molecule has 0 saturated carbocycles. The van der Waals surface area contributed by atoms with E-state index in [1.54, 1.807) is 12.4 Å². The van der Waals surface area contributed by atoms with Crippen LogP contribution in [-0.2, 0) is 0 Å². The lowest BCUT2D eigenvalue weighted by molar-refractivity contribution is 1.27. The van der Waals surface area contributed by atoms with E-state index in [0.717, 1.165) is 16.6 Å². The van der Waals surface area contributed by atoms with E-state index in [-0.39, 0.29) is 44.6 Å². The summed E-state index contributed by atoms with van der Waals surface area (Å²) in [7, 11) is 0. The molecule has 0 bridgehead atoms. The number of pyridine rings is 1. The standard InChI is InChI=1S/C15H12.C14H10.C12H10.C10H9N.C10H8.C9H8N2.C7H8.3C2H6.6CH4/c1-11-14-8-4-2-6-12(14)10-13-7-3-5-9-15(11)13;1-2-6-12-10-14-8-4-3-7-13(14)9-11(12)5-1;1-3-7-11(8-4-1)12-9-5-2-6-10-12;1-8-6-7-11-10-5-3-2-4-9(8)10;1-2-6-10-8-4-3-7-9(10)5-1;1-7-3-2-4-8-9(7)11-6-5-10-8;1-7-5-3-2-4-6-7;3*1-2;;;;;;/h2-10H,1H3;1-10H;1-10H;2-7H,1H3;1-8H;2-6H,1H3;2-6H,1H3;3*1-2H3;6*1H4. The predicted molar refractivity (Wildman–Crippen MR) is 420 cm³/mol. The van der Waals surface area contributed by atoms with Gasteiger partial charge in [-0.25, -0.2) is 0 Å². The molecule has 0 saturated heterocycles. The fourth-order valence-electron chi connectivity index (χ4n) is 9.43. The van der Waals surface area contributed by atoms with Crippen LogP contribution in [0.4, 0.5) is 0 Å². The highest BCUT2D eigenvalue weighted by Gasteiger charge is 2.02. The van der Waals surface area contributed by atoms with Crippen molar-refractivity contribution in [3.05, 3.63) is 344 Å². The van der Waals surface area contributed by atoms with Gasteiger partial charge in [-0.05, 0) is 146 Å². The summed E-state index contributed by atoms with van der Waals surface area (Å²) in [4.78, 5) is 12.6. The van der Waals surface area contributed by atoms with Crippen LogP contribution in [0, 0.1) is 27.7 Å². The second-order valence-corrected chi connectivity index (χ2v) is 19.4. The average Bonchev–Trinajstić information content (AvgIpc) is 0.899. The Kier molecular flexibility index (Phi) is 41.0. The molecule has 2 heterocycles. The van der Waals surface area contributed by atoms with Gasteiger partial charge in [-0.3, -0.25) is 15.0 Å². The highest BCUT2D eigenvalue weighted by Crippen LogP contribution is 2.28. The summed E-state index contributed by atoms with van der Waals surface area (Å²) >= 11 is 0. The van der Waals surface area contributed by atoms with Crippen LogP contribution in [0.2, 0.25) is 0 Å². The van der Waals surface area contributed by atoms with E-state index >= 15 is 0 Å². The molecule has 478 valence electrons. The van der Waals surface area contributed by atoms with Crippen LogP contribution in [0.3, 0.4) is 0 Å². The number of nitrogens with zero attached hydrogens (tertiary/aromatic N) is 3. The molecule has 0 atom stereocenters. The lowest BCUT2D eigenvalue weighted by Gasteiger charge is -2.06. The summed E-state index contributed by atoms with van der Waals surface area (Å²) in [6, 6.07) is 105. The Bertz CT molecular complexity index is 4000. The van der Waals surface area contributed by atoms with Gasteiger partial charge in [0.15, 0.2) is 0 Å². The molecule has 15 aromatic rings. The highest BCUT2D eigenvalue weighted by molar-refractivity contribution is 6.02. The molecule has 0 unspecified atom stereocenters. The molecule has 3 heteroatoms. The van der Waals surface area contributed by atoms with Crippen LogP contribution in [0.5, 0.6) is 0 Å². The largest absolute Gasteiger partial charge is 0.256 e. The normalized spacial score (nSPS) is 9.11. The summed E-state index contributed by atoms with van der Waals surface area (Å²) in [5.74, 6) is 0. The molecule has 0 spiro atoms. The van der Waals surface area contributed by atoms with Crippen molar-refractivity contribution in [1.29, 1.82) is 0 Å². The third kappa shape index (κ3) is 24.7. The third-order valence-corrected chi connectivity index (χ3v) is 13.7. The molecule has 92 heavy (non-hydrogen) atoms. The molecule has 13 aromatic carbocycles. The summed E-state index contributed by atoms with van der Waals surface area (Å²) in [6.07, 6.45) is 5.27. The van der Waals surface area contributed by atoms with Gasteiger partial charge in [0.2, 0.25) is 0 Å². The summed E-state index contributed by atoms with van der Waals surface area (Å²) < 4.78 is 0. The lowest BCUT2D eigenvalue weighted by atomic mass is 9.98. The number of para-hydroxylation sites is 2. The van der Waals surface area contributed by atoms with E-state index < -0.39 is 0 Å². The lowest BCUT2D eigenvalue weighted by Crippen LogP contribution is -1.83. The van der Waals surface area contributed by atoms with Crippen molar-refractivity contribution in [3.63, 3.8) is 0 Å². The van der Waals surface area contributed by atoms with Gasteiger partial charge in [-0.15, -0.1) is 0 Å². The minimum atomic E-state index is 0. The first kappa shape index (κ1) is 81.9. The molecule has 0 fully saturated rings. The van der Waals surface area contributed by atoms with Crippen molar-refractivity contribution in [1.82, 2.24) is 15.0 Å². The van der Waals surface area contributed by atoms with Crippen LogP contribution in [0.15, 0.2) is 322 Å². The first-order valence-electron chi connectivity index (χ1n) is 30.2. The monoisotopic (exact) mass is 1220 g/mol. The summed E-state index contributed by atoms with van der Waals surface area (Å²) in [5.41, 5.74) is 10.8. The number of fused-ring (bicyclic) bond motifs is 7. The molecule has 0 N–H and O–H groups in total. The molecular weight excluding hydrogens is 1110 g/mol. The molecule has 3 nitrogen and oxygen atoms in total. The topological polar surface area (TPSA) is 38.7 Å². The van der Waals surface area contributed by atoms with Gasteiger partial charge in [0.25, 0.3) is 0 Å². The van der Waals surface area contributed by atoms with E-state index in [4.69, 9.17) is 0 Å². The van der Waals surface area contributed by atoms with E-state index in [9.17, 15) is 0 Å². The number of hydrogen-bond acceptors (Lipinski definition) is 3. The maximum atomic E-state index is 4.24. The SMILES string of the molecule is C.C.C.C.C.C.CC.CC.CC.Cc1c2ccccc2cc2ccccc12.Cc1cccc2nccnc12.Cc1ccccc1.Cc1ccnc2ccccc12.c1ccc(-c2ccccc2)cc1.c1ccc2cc3ccccc3cc2c1.c1ccc2ccccc2c1. The third-order valence-electron chi connectivity index (χ3n) is 13.7. The Hall–Kier alpha value is -10.1. The van der Waals surface area contributed by atoms with E-state index in [1.165, 1.54) is 92.6 Å². The van der Waals surface area contributed by atoms with Crippen LogP contribution in [0.25, 0.3) is 86.9 Å². The molecule has 0 aliphatic heterocycles. The zero-order chi connectivity index (χ0) is 61.1. The van der Waals surface area contributed by atoms with Gasteiger partial charge in [0.1, 0.15) is 0 Å². The van der Waals surface area contributed by atoms with E-state index in [2.05, 4.69) is 266 Å². The Labute approximate surface area is 556 Å². The Morgan fingerprint density at radius 2 is 0.522 bits per heavy atom. The Balaban J connectivity index is 0.00000103. The molecule has 0 aliphatic rings. The minimum absolute atomic E-state index is 0. The van der Waals surface area contributed by atoms with Crippen LogP contribution < -0.4 is 0 Å². The van der Waals surface area contributed by atoms with E-state index in [1.807, 2.05) is 127 Å². The number of benzene rings is 13. The van der Waals surface area contributed by atoms with Gasteiger partial charge < -0.3 is 0 Å².